The fourth-order valence-corrected chi connectivity index (χ4v) is 11.6. The number of aliphatic hydroxyl groups is 2. The highest BCUT2D eigenvalue weighted by Gasteiger charge is 2.29. The molecule has 1 fully saturated rings. The normalized spacial score (nSPS) is 22.0. The van der Waals surface area contributed by atoms with Gasteiger partial charge in [0.15, 0.2) is 5.76 Å². The van der Waals surface area contributed by atoms with E-state index in [0.29, 0.717) is 60.3 Å². The van der Waals surface area contributed by atoms with Crippen molar-refractivity contribution >= 4 is 54.1 Å². The van der Waals surface area contributed by atoms with Crippen LogP contribution in [0.5, 0.6) is 23.0 Å². The molecule has 0 saturated carbocycles. The van der Waals surface area contributed by atoms with Gasteiger partial charge in [-0.2, -0.15) is 0 Å². The molecular weight excluding hydrogens is 739 g/mol. The van der Waals surface area contributed by atoms with Gasteiger partial charge in [0.1, 0.15) is 34.3 Å². The van der Waals surface area contributed by atoms with E-state index in [9.17, 15) is 30.3 Å². The van der Waals surface area contributed by atoms with E-state index in [-0.39, 0.29) is 45.9 Å². The number of hydrogen-bond donors (Lipinski definition) is 6. The highest BCUT2D eigenvalue weighted by molar-refractivity contribution is 8.76. The molecular formula is C39H47NO8S4. The maximum absolute atomic E-state index is 14.2. The van der Waals surface area contributed by atoms with Crippen LogP contribution in [-0.2, 0) is 18.6 Å². The van der Waals surface area contributed by atoms with Crippen molar-refractivity contribution < 1.29 is 34.7 Å². The van der Waals surface area contributed by atoms with Gasteiger partial charge in [0.05, 0.1) is 12.2 Å². The number of rotatable bonds is 6. The van der Waals surface area contributed by atoms with Crippen molar-refractivity contribution in [3.05, 3.63) is 80.5 Å². The van der Waals surface area contributed by atoms with Crippen molar-refractivity contribution in [2.24, 2.45) is 5.92 Å². The Morgan fingerprint density at radius 2 is 1.75 bits per heavy atom. The standard InChI is InChI=1S/C39H47NO8S4/c1-21(2)12-24-15-28(29-19-51-52-20-30(40-3)23-7-4-6-22(13-23)14-27(29)36(24)44)39-38(46)37(45)35-33(16-26(42)17-34(35)48-39)47-32-10-9-25(41)18-50-49-11-5-8-31(32)43/h4,6-7,13,15-17,21,25,30-32,40-44,46H,5,8-12,14,18-20H2,1-3H3/t25-,30-,31-,32-/m0/s1. The fraction of sp³-hybridized carbons (Fsp3) is 0.462. The SMILES string of the molecule is CN[C@H]1CSSCc2c(-c3oc4cc(O)cc(O[C@H]5CC[C@H](O)CSSCCC[C@@H]5O)c4c(=O)c3O)cc(CC(C)C)c(O)c2Cc2cccc1c2. The monoisotopic (exact) mass is 785 g/mol. The molecule has 0 unspecified atom stereocenters. The summed E-state index contributed by atoms with van der Waals surface area (Å²) in [6.07, 6.45) is 0.693. The van der Waals surface area contributed by atoms with E-state index in [1.165, 1.54) is 12.1 Å². The summed E-state index contributed by atoms with van der Waals surface area (Å²) in [5.74, 6) is 2.17. The zero-order valence-electron chi connectivity index (χ0n) is 29.6. The number of fused-ring (bicyclic) bond motifs is 4. The van der Waals surface area contributed by atoms with Crippen LogP contribution in [0.3, 0.4) is 0 Å². The van der Waals surface area contributed by atoms with Crippen LogP contribution in [0.2, 0.25) is 0 Å². The summed E-state index contributed by atoms with van der Waals surface area (Å²) < 4.78 is 12.7. The summed E-state index contributed by atoms with van der Waals surface area (Å²) in [5, 5.41) is 59.4. The van der Waals surface area contributed by atoms with Crippen LogP contribution in [0, 0.1) is 5.92 Å². The summed E-state index contributed by atoms with van der Waals surface area (Å²) in [6.45, 7) is 4.13. The van der Waals surface area contributed by atoms with Crippen LogP contribution >= 0.6 is 43.2 Å². The second kappa shape index (κ2) is 17.7. The summed E-state index contributed by atoms with van der Waals surface area (Å²) >= 11 is 0. The Balaban J connectivity index is 1.48. The first kappa shape index (κ1) is 39.1. The number of hydrogen-bond acceptors (Lipinski definition) is 13. The molecule has 2 aliphatic heterocycles. The van der Waals surface area contributed by atoms with Crippen LogP contribution in [0.15, 0.2) is 51.7 Å². The first-order chi connectivity index (χ1) is 25.0. The lowest BCUT2D eigenvalue weighted by atomic mass is 9.88. The molecule has 6 rings (SSSR count). The molecule has 9 nitrogen and oxygen atoms in total. The minimum absolute atomic E-state index is 0.0146. The van der Waals surface area contributed by atoms with E-state index in [4.69, 9.17) is 9.15 Å². The third-order valence-corrected chi connectivity index (χ3v) is 14.4. The quantitative estimate of drug-likeness (QED) is 0.105. The Morgan fingerprint density at radius 1 is 0.942 bits per heavy atom. The second-order valence-corrected chi connectivity index (χ2v) is 19.1. The van der Waals surface area contributed by atoms with Gasteiger partial charge >= 0.3 is 0 Å². The molecule has 4 aromatic rings. The van der Waals surface area contributed by atoms with Gasteiger partial charge < -0.3 is 40.0 Å². The molecule has 1 aromatic heterocycles. The lowest BCUT2D eigenvalue weighted by Crippen LogP contribution is -2.33. The molecule has 1 saturated heterocycles. The van der Waals surface area contributed by atoms with Crippen molar-refractivity contribution in [3.8, 4) is 34.3 Å². The Labute approximate surface area is 320 Å². The van der Waals surface area contributed by atoms with Crippen LogP contribution < -0.4 is 15.5 Å². The van der Waals surface area contributed by atoms with E-state index in [1.807, 2.05) is 25.2 Å². The molecule has 13 heteroatoms. The lowest BCUT2D eigenvalue weighted by molar-refractivity contribution is 0.0190. The second-order valence-electron chi connectivity index (χ2n) is 13.9. The molecule has 52 heavy (non-hydrogen) atoms. The van der Waals surface area contributed by atoms with Gasteiger partial charge in [0, 0.05) is 58.7 Å². The fourth-order valence-electron chi connectivity index (χ4n) is 6.86. The molecule has 2 bridgehead atoms. The van der Waals surface area contributed by atoms with Crippen molar-refractivity contribution in [2.75, 3.05) is 24.3 Å². The Kier molecular flexibility index (Phi) is 13.3. The topological polar surface area (TPSA) is 153 Å². The molecule has 0 spiro atoms. The maximum Gasteiger partial charge on any atom is 0.238 e. The predicted octanol–water partition coefficient (Wildman–Crippen LogP) is 7.95. The van der Waals surface area contributed by atoms with Crippen molar-refractivity contribution in [1.82, 2.24) is 5.32 Å². The third-order valence-electron chi connectivity index (χ3n) is 9.56. The number of ether oxygens (including phenoxy) is 1. The highest BCUT2D eigenvalue weighted by atomic mass is 33.1. The molecule has 0 radical (unpaired) electrons. The van der Waals surface area contributed by atoms with Crippen molar-refractivity contribution in [3.63, 3.8) is 0 Å². The first-order valence-corrected chi connectivity index (χ1v) is 22.7. The number of phenols is 2. The van der Waals surface area contributed by atoms with E-state index >= 15 is 0 Å². The zero-order valence-corrected chi connectivity index (χ0v) is 32.9. The number of benzene rings is 3. The van der Waals surface area contributed by atoms with Crippen molar-refractivity contribution in [1.29, 1.82) is 0 Å². The van der Waals surface area contributed by atoms with Gasteiger partial charge in [-0.25, -0.2) is 0 Å². The highest BCUT2D eigenvalue weighted by Crippen LogP contribution is 2.45. The molecule has 0 amide bonds. The van der Waals surface area contributed by atoms with E-state index < -0.39 is 29.5 Å². The number of aromatic hydroxyl groups is 3. The van der Waals surface area contributed by atoms with E-state index in [0.717, 1.165) is 34.6 Å². The minimum Gasteiger partial charge on any atom is -0.508 e. The molecule has 3 aromatic carbocycles. The average Bonchev–Trinajstić information content (AvgIpc) is 3.15. The summed E-state index contributed by atoms with van der Waals surface area (Å²) in [7, 11) is 8.55. The van der Waals surface area contributed by atoms with Gasteiger partial charge in [0.2, 0.25) is 11.2 Å². The van der Waals surface area contributed by atoms with Crippen LogP contribution in [-0.4, -0.2) is 68.2 Å². The van der Waals surface area contributed by atoms with Gasteiger partial charge in [0.25, 0.3) is 0 Å². The maximum atomic E-state index is 14.2. The van der Waals surface area contributed by atoms with Crippen LogP contribution in [0.25, 0.3) is 22.3 Å². The average molecular weight is 786 g/mol. The van der Waals surface area contributed by atoms with Gasteiger partial charge in [-0.15, -0.1) is 0 Å². The molecule has 3 heterocycles. The van der Waals surface area contributed by atoms with E-state index in [2.05, 4.69) is 31.3 Å². The number of nitrogens with one attached hydrogen (secondary N) is 1. The van der Waals surface area contributed by atoms with Crippen LogP contribution in [0.1, 0.15) is 73.4 Å². The minimum atomic E-state index is -0.874. The first-order valence-electron chi connectivity index (χ1n) is 17.7. The van der Waals surface area contributed by atoms with E-state index in [1.54, 1.807) is 43.2 Å². The molecule has 2 aliphatic rings. The molecule has 0 aliphatic carbocycles. The van der Waals surface area contributed by atoms with Crippen molar-refractivity contribution in [2.45, 2.75) is 82.5 Å². The Morgan fingerprint density at radius 3 is 2.54 bits per heavy atom. The van der Waals surface area contributed by atoms with Gasteiger partial charge in [-0.05, 0) is 73.4 Å². The largest absolute Gasteiger partial charge is 0.508 e. The summed E-state index contributed by atoms with van der Waals surface area (Å²) in [5.41, 5.74) is 4.11. The third kappa shape index (κ3) is 8.99. The summed E-state index contributed by atoms with van der Waals surface area (Å²) in [6, 6.07) is 12.9. The lowest BCUT2D eigenvalue weighted by Gasteiger charge is -2.25. The zero-order chi connectivity index (χ0) is 36.9. The Bertz CT molecular complexity index is 1940. The molecule has 280 valence electrons. The van der Waals surface area contributed by atoms with Crippen LogP contribution in [0.4, 0.5) is 0 Å². The van der Waals surface area contributed by atoms with Gasteiger partial charge in [-0.3, -0.25) is 4.79 Å². The molecule has 6 N–H and O–H groups in total. The molecule has 4 atom stereocenters. The number of aliphatic hydroxyl groups excluding tert-OH is 2. The van der Waals surface area contributed by atoms with Gasteiger partial charge in [-0.1, -0.05) is 81.3 Å². The Hall–Kier alpha value is -2.65. The predicted molar refractivity (Wildman–Crippen MR) is 216 cm³/mol. The summed E-state index contributed by atoms with van der Waals surface area (Å²) in [4.78, 5) is 14.2. The number of phenolic OH excluding ortho intramolecular Hbond substituents is 2. The smallest absolute Gasteiger partial charge is 0.238 e.